The van der Waals surface area contributed by atoms with Crippen LogP contribution in [0.15, 0.2) is 48.8 Å². The topological polar surface area (TPSA) is 97.4 Å². The summed E-state index contributed by atoms with van der Waals surface area (Å²) in [5, 5.41) is 5.42. The molecule has 7 nitrogen and oxygen atoms in total. The van der Waals surface area contributed by atoms with Crippen LogP contribution in [0.1, 0.15) is 29.8 Å². The Labute approximate surface area is 151 Å². The number of carbonyl (C=O) groups excluding carboxylic acids is 3. The van der Waals surface area contributed by atoms with Crippen molar-refractivity contribution in [3.63, 3.8) is 0 Å². The van der Waals surface area contributed by atoms with Gasteiger partial charge in [0.1, 0.15) is 5.41 Å². The minimum absolute atomic E-state index is 0.289. The Morgan fingerprint density at radius 2 is 1.77 bits per heavy atom. The molecular weight excluding hydrogens is 334 g/mol. The highest BCUT2D eigenvalue weighted by atomic mass is 16.5. The van der Waals surface area contributed by atoms with Crippen LogP contribution in [0.4, 0.5) is 5.69 Å². The maximum atomic E-state index is 12.5. The molecule has 2 amide bonds. The van der Waals surface area contributed by atoms with E-state index >= 15 is 0 Å². The van der Waals surface area contributed by atoms with Crippen LogP contribution in [-0.2, 0) is 20.9 Å². The molecule has 0 atom stereocenters. The molecular formula is C19H21N3O4. The lowest BCUT2D eigenvalue weighted by atomic mass is 9.90. The summed E-state index contributed by atoms with van der Waals surface area (Å²) in [5.74, 6) is -1.31. The van der Waals surface area contributed by atoms with Gasteiger partial charge in [-0.3, -0.25) is 14.6 Å². The van der Waals surface area contributed by atoms with Gasteiger partial charge < -0.3 is 15.4 Å². The maximum Gasteiger partial charge on any atom is 0.337 e. The van der Waals surface area contributed by atoms with Crippen molar-refractivity contribution in [1.29, 1.82) is 0 Å². The molecule has 1 aromatic carbocycles. The molecule has 0 aliphatic rings. The van der Waals surface area contributed by atoms with Gasteiger partial charge >= 0.3 is 5.97 Å². The van der Waals surface area contributed by atoms with Crippen molar-refractivity contribution in [2.24, 2.45) is 5.41 Å². The number of rotatable bonds is 6. The van der Waals surface area contributed by atoms with Gasteiger partial charge in [0.2, 0.25) is 11.8 Å². The highest BCUT2D eigenvalue weighted by molar-refractivity contribution is 6.09. The standard InChI is InChI=1S/C19H21N3O4/c1-19(2,17(24)21-12-13-5-4-10-20-11-13)18(25)22-15-8-6-14(7-9-15)16(23)26-3/h4-11H,12H2,1-3H3,(H,21,24)(H,22,25). The number of amides is 2. The van der Waals surface area contributed by atoms with Crippen molar-refractivity contribution in [1.82, 2.24) is 10.3 Å². The molecule has 0 aliphatic carbocycles. The number of ether oxygens (including phenoxy) is 1. The predicted molar refractivity (Wildman–Crippen MR) is 96.3 cm³/mol. The van der Waals surface area contributed by atoms with Crippen LogP contribution in [-0.4, -0.2) is 29.9 Å². The van der Waals surface area contributed by atoms with E-state index in [1.807, 2.05) is 6.07 Å². The van der Waals surface area contributed by atoms with Crippen molar-refractivity contribution in [2.75, 3.05) is 12.4 Å². The number of esters is 1. The van der Waals surface area contributed by atoms with Crippen molar-refractivity contribution < 1.29 is 19.1 Å². The lowest BCUT2D eigenvalue weighted by Gasteiger charge is -2.22. The largest absolute Gasteiger partial charge is 0.465 e. The molecule has 2 aromatic rings. The second kappa shape index (κ2) is 8.24. The summed E-state index contributed by atoms with van der Waals surface area (Å²) >= 11 is 0. The Bertz CT molecular complexity index is 786. The van der Waals surface area contributed by atoms with E-state index in [0.717, 1.165) is 5.56 Å². The first-order valence-corrected chi connectivity index (χ1v) is 8.01. The molecule has 0 aliphatic heterocycles. The third-order valence-electron chi connectivity index (χ3n) is 3.88. The molecule has 1 heterocycles. The molecule has 0 spiro atoms. The Morgan fingerprint density at radius 3 is 2.35 bits per heavy atom. The number of nitrogens with zero attached hydrogens (tertiary/aromatic N) is 1. The van der Waals surface area contributed by atoms with Crippen LogP contribution in [0.3, 0.4) is 0 Å². The number of hydrogen-bond acceptors (Lipinski definition) is 5. The molecule has 136 valence electrons. The number of benzene rings is 1. The zero-order valence-electron chi connectivity index (χ0n) is 14.9. The second-order valence-corrected chi connectivity index (χ2v) is 6.19. The highest BCUT2D eigenvalue weighted by Gasteiger charge is 2.35. The molecule has 0 saturated heterocycles. The summed E-state index contributed by atoms with van der Waals surface area (Å²) in [6.07, 6.45) is 3.30. The zero-order valence-corrected chi connectivity index (χ0v) is 14.9. The van der Waals surface area contributed by atoms with E-state index in [4.69, 9.17) is 0 Å². The first-order valence-electron chi connectivity index (χ1n) is 8.01. The Hall–Kier alpha value is -3.22. The van der Waals surface area contributed by atoms with Gasteiger partial charge in [-0.1, -0.05) is 6.07 Å². The van der Waals surface area contributed by atoms with E-state index in [9.17, 15) is 14.4 Å². The number of methoxy groups -OCH3 is 1. The van der Waals surface area contributed by atoms with Gasteiger partial charge in [0.15, 0.2) is 0 Å². The molecule has 0 bridgehead atoms. The first kappa shape index (κ1) is 19.1. The van der Waals surface area contributed by atoms with Gasteiger partial charge in [-0.15, -0.1) is 0 Å². The summed E-state index contributed by atoms with van der Waals surface area (Å²) in [5.41, 5.74) is 0.425. The maximum absolute atomic E-state index is 12.5. The summed E-state index contributed by atoms with van der Waals surface area (Å²) in [6.45, 7) is 3.38. The van der Waals surface area contributed by atoms with Gasteiger partial charge in [-0.25, -0.2) is 4.79 Å². The number of pyridine rings is 1. The van der Waals surface area contributed by atoms with Gasteiger partial charge in [-0.05, 0) is 49.7 Å². The average Bonchev–Trinajstić information content (AvgIpc) is 2.66. The Morgan fingerprint density at radius 1 is 1.08 bits per heavy atom. The fourth-order valence-corrected chi connectivity index (χ4v) is 2.10. The van der Waals surface area contributed by atoms with E-state index in [0.29, 0.717) is 11.3 Å². The molecule has 7 heteroatoms. The molecule has 0 fully saturated rings. The van der Waals surface area contributed by atoms with Crippen LogP contribution in [0.5, 0.6) is 0 Å². The molecule has 1 aromatic heterocycles. The van der Waals surface area contributed by atoms with Crippen molar-refractivity contribution in [2.45, 2.75) is 20.4 Å². The van der Waals surface area contributed by atoms with Gasteiger partial charge in [-0.2, -0.15) is 0 Å². The summed E-state index contributed by atoms with van der Waals surface area (Å²) in [6, 6.07) is 9.84. The molecule has 2 N–H and O–H groups in total. The molecule has 0 unspecified atom stereocenters. The summed E-state index contributed by atoms with van der Waals surface area (Å²) in [7, 11) is 1.30. The average molecular weight is 355 g/mol. The smallest absolute Gasteiger partial charge is 0.337 e. The number of aromatic nitrogens is 1. The van der Waals surface area contributed by atoms with Gasteiger partial charge in [0.25, 0.3) is 0 Å². The number of anilines is 1. The predicted octanol–water partition coefficient (Wildman–Crippen LogP) is 2.15. The number of hydrogen-bond donors (Lipinski definition) is 2. The van der Waals surface area contributed by atoms with E-state index < -0.39 is 23.2 Å². The Balaban J connectivity index is 1.97. The van der Waals surface area contributed by atoms with Crippen LogP contribution < -0.4 is 10.6 Å². The third kappa shape index (κ3) is 4.66. The second-order valence-electron chi connectivity index (χ2n) is 6.19. The lowest BCUT2D eigenvalue weighted by molar-refractivity contribution is -0.138. The molecule has 0 radical (unpaired) electrons. The first-order chi connectivity index (χ1) is 12.3. The summed E-state index contributed by atoms with van der Waals surface area (Å²) < 4.78 is 4.62. The Kier molecular flexibility index (Phi) is 6.06. The minimum Gasteiger partial charge on any atom is -0.465 e. The molecule has 0 saturated carbocycles. The lowest BCUT2D eigenvalue weighted by Crippen LogP contribution is -2.44. The van der Waals surface area contributed by atoms with E-state index in [1.54, 1.807) is 44.4 Å². The van der Waals surface area contributed by atoms with Crippen molar-refractivity contribution in [3.8, 4) is 0 Å². The van der Waals surface area contributed by atoms with Crippen molar-refractivity contribution in [3.05, 3.63) is 59.9 Å². The highest BCUT2D eigenvalue weighted by Crippen LogP contribution is 2.20. The van der Waals surface area contributed by atoms with Gasteiger partial charge in [0, 0.05) is 24.6 Å². The number of nitrogens with one attached hydrogen (secondary N) is 2. The fraction of sp³-hybridized carbons (Fsp3) is 0.263. The molecule has 26 heavy (non-hydrogen) atoms. The quantitative estimate of drug-likeness (QED) is 0.611. The van der Waals surface area contributed by atoms with E-state index in [2.05, 4.69) is 20.4 Å². The SMILES string of the molecule is COC(=O)c1ccc(NC(=O)C(C)(C)C(=O)NCc2cccnc2)cc1. The number of carbonyl (C=O) groups is 3. The van der Waals surface area contributed by atoms with Crippen LogP contribution in [0.25, 0.3) is 0 Å². The van der Waals surface area contributed by atoms with Gasteiger partial charge in [0.05, 0.1) is 12.7 Å². The normalized spacial score (nSPS) is 10.7. The minimum atomic E-state index is -1.27. The fourth-order valence-electron chi connectivity index (χ4n) is 2.10. The van der Waals surface area contributed by atoms with Crippen LogP contribution in [0, 0.1) is 5.41 Å². The van der Waals surface area contributed by atoms with Crippen LogP contribution >= 0.6 is 0 Å². The van der Waals surface area contributed by atoms with E-state index in [1.165, 1.54) is 19.2 Å². The van der Waals surface area contributed by atoms with Crippen molar-refractivity contribution >= 4 is 23.5 Å². The molecule has 2 rings (SSSR count). The van der Waals surface area contributed by atoms with Crippen LogP contribution in [0.2, 0.25) is 0 Å². The van der Waals surface area contributed by atoms with E-state index in [-0.39, 0.29) is 6.54 Å². The third-order valence-corrected chi connectivity index (χ3v) is 3.88. The monoisotopic (exact) mass is 355 g/mol. The summed E-state index contributed by atoms with van der Waals surface area (Å²) in [4.78, 5) is 40.3. The zero-order chi connectivity index (χ0) is 19.2.